The molecule has 0 bridgehead atoms. The molecule has 1 aliphatic rings. The fourth-order valence-electron chi connectivity index (χ4n) is 3.47. The van der Waals surface area contributed by atoms with Gasteiger partial charge in [0.15, 0.2) is 5.82 Å². The minimum Gasteiger partial charge on any atom is -0.474 e. The van der Waals surface area contributed by atoms with E-state index >= 15 is 0 Å². The minimum absolute atomic E-state index is 0.0409. The fourth-order valence-corrected chi connectivity index (χ4v) is 3.47. The normalized spacial score (nSPS) is 14.9. The molecule has 7 nitrogen and oxygen atoms in total. The van der Waals surface area contributed by atoms with Gasteiger partial charge in [-0.1, -0.05) is 18.2 Å². The van der Waals surface area contributed by atoms with Crippen LogP contribution in [0, 0.1) is 5.82 Å². The molecule has 164 valence electrons. The maximum absolute atomic E-state index is 14.4. The van der Waals surface area contributed by atoms with Crippen LogP contribution in [0.15, 0.2) is 35.3 Å². The zero-order valence-electron chi connectivity index (χ0n) is 16.8. The number of anilines is 1. The first-order chi connectivity index (χ1) is 14.9. The standard InChI is InChI=1S/C21H21F3N4O3/c1-28-21(29)16-11-25-17(31-13-5-7-30-8-6-13)9-15(16)20(27-28)26-10-12-3-2-4-14(18(12)22)19(23)24/h2-4,9,11,13,19H,5-8,10H2,1H3,(H,26,27). The van der Waals surface area contributed by atoms with Crippen molar-refractivity contribution in [3.8, 4) is 5.88 Å². The largest absolute Gasteiger partial charge is 0.474 e. The van der Waals surface area contributed by atoms with Gasteiger partial charge in [-0.3, -0.25) is 4.79 Å². The van der Waals surface area contributed by atoms with Gasteiger partial charge in [-0.05, 0) is 0 Å². The maximum Gasteiger partial charge on any atom is 0.276 e. The Morgan fingerprint density at radius 2 is 2.06 bits per heavy atom. The van der Waals surface area contributed by atoms with E-state index in [-0.39, 0.29) is 29.6 Å². The van der Waals surface area contributed by atoms with Gasteiger partial charge in [0.1, 0.15) is 11.9 Å². The van der Waals surface area contributed by atoms with Crippen molar-refractivity contribution in [2.24, 2.45) is 7.05 Å². The van der Waals surface area contributed by atoms with Gasteiger partial charge >= 0.3 is 0 Å². The lowest BCUT2D eigenvalue weighted by atomic mass is 10.1. The molecule has 3 heterocycles. The molecule has 0 aliphatic carbocycles. The van der Waals surface area contributed by atoms with Crippen molar-refractivity contribution in [2.75, 3.05) is 18.5 Å². The van der Waals surface area contributed by atoms with E-state index < -0.39 is 17.8 Å². The van der Waals surface area contributed by atoms with Crippen LogP contribution in [0.25, 0.3) is 10.8 Å². The number of fused-ring (bicyclic) bond motifs is 1. The highest BCUT2D eigenvalue weighted by molar-refractivity contribution is 5.91. The Hall–Kier alpha value is -3.14. The Balaban J connectivity index is 1.65. The number of hydrogen-bond donors (Lipinski definition) is 1. The van der Waals surface area contributed by atoms with E-state index in [9.17, 15) is 18.0 Å². The molecule has 0 amide bonds. The second-order valence-corrected chi connectivity index (χ2v) is 7.25. The van der Waals surface area contributed by atoms with Gasteiger partial charge in [-0.2, -0.15) is 5.10 Å². The molecule has 4 rings (SSSR count). The summed E-state index contributed by atoms with van der Waals surface area (Å²) in [7, 11) is 1.48. The summed E-state index contributed by atoms with van der Waals surface area (Å²) < 4.78 is 52.7. The zero-order valence-corrected chi connectivity index (χ0v) is 16.8. The number of ether oxygens (including phenoxy) is 2. The number of nitrogens with zero attached hydrogens (tertiary/aromatic N) is 3. The number of aromatic nitrogens is 3. The highest BCUT2D eigenvalue weighted by atomic mass is 19.3. The van der Waals surface area contributed by atoms with Crippen LogP contribution in [0.1, 0.15) is 30.4 Å². The third-order valence-electron chi connectivity index (χ3n) is 5.15. The van der Waals surface area contributed by atoms with Gasteiger partial charge in [0.05, 0.1) is 24.2 Å². The van der Waals surface area contributed by atoms with Crippen LogP contribution >= 0.6 is 0 Å². The molecule has 1 N–H and O–H groups in total. The van der Waals surface area contributed by atoms with E-state index in [1.165, 1.54) is 25.4 Å². The van der Waals surface area contributed by atoms with Crippen molar-refractivity contribution < 1.29 is 22.6 Å². The number of rotatable bonds is 6. The van der Waals surface area contributed by atoms with Gasteiger partial charge in [-0.15, -0.1) is 0 Å². The molecule has 0 atom stereocenters. The number of aryl methyl sites for hydroxylation is 1. The number of halogens is 3. The highest BCUT2D eigenvalue weighted by Crippen LogP contribution is 2.26. The monoisotopic (exact) mass is 434 g/mol. The van der Waals surface area contributed by atoms with E-state index in [4.69, 9.17) is 9.47 Å². The third-order valence-corrected chi connectivity index (χ3v) is 5.15. The summed E-state index contributed by atoms with van der Waals surface area (Å²) in [5.74, 6) is -0.342. The van der Waals surface area contributed by atoms with Gasteiger partial charge in [0.2, 0.25) is 5.88 Å². The number of benzene rings is 1. The van der Waals surface area contributed by atoms with Crippen molar-refractivity contribution in [2.45, 2.75) is 31.9 Å². The van der Waals surface area contributed by atoms with Crippen molar-refractivity contribution >= 4 is 16.6 Å². The van der Waals surface area contributed by atoms with E-state index in [1.807, 2.05) is 0 Å². The van der Waals surface area contributed by atoms with Crippen molar-refractivity contribution in [3.05, 3.63) is 57.8 Å². The Kier molecular flexibility index (Phi) is 6.08. The second-order valence-electron chi connectivity index (χ2n) is 7.25. The molecule has 1 aromatic carbocycles. The average molecular weight is 434 g/mol. The number of alkyl halides is 2. The SMILES string of the molecule is Cn1nc(NCc2cccc(C(F)F)c2F)c2cc(OC3CCOCC3)ncc2c1=O. The Morgan fingerprint density at radius 3 is 2.81 bits per heavy atom. The number of pyridine rings is 1. The molecule has 31 heavy (non-hydrogen) atoms. The first-order valence-corrected chi connectivity index (χ1v) is 9.85. The molecule has 1 fully saturated rings. The summed E-state index contributed by atoms with van der Waals surface area (Å²) in [4.78, 5) is 16.7. The molecule has 1 aliphatic heterocycles. The van der Waals surface area contributed by atoms with Crippen LogP contribution in [-0.2, 0) is 18.3 Å². The van der Waals surface area contributed by atoms with Crippen LogP contribution in [0.4, 0.5) is 19.0 Å². The molecule has 1 saturated heterocycles. The van der Waals surface area contributed by atoms with E-state index in [1.54, 1.807) is 6.07 Å². The molecule has 10 heteroatoms. The van der Waals surface area contributed by atoms with E-state index in [0.717, 1.165) is 23.6 Å². The molecular weight excluding hydrogens is 413 g/mol. The summed E-state index contributed by atoms with van der Waals surface area (Å²) in [5, 5.41) is 7.92. The van der Waals surface area contributed by atoms with Crippen LogP contribution in [0.5, 0.6) is 5.88 Å². The number of hydrogen-bond acceptors (Lipinski definition) is 6. The molecule has 0 saturated carbocycles. The summed E-state index contributed by atoms with van der Waals surface area (Å²) in [6.07, 6.45) is -0.0658. The Morgan fingerprint density at radius 1 is 1.29 bits per heavy atom. The molecular formula is C21H21F3N4O3. The molecule has 3 aromatic rings. The predicted octanol–water partition coefficient (Wildman–Crippen LogP) is 3.58. The van der Waals surface area contributed by atoms with Crippen LogP contribution in [0.3, 0.4) is 0 Å². The van der Waals surface area contributed by atoms with Gasteiger partial charge in [0.25, 0.3) is 12.0 Å². The molecule has 0 radical (unpaired) electrons. The Bertz CT molecular complexity index is 1150. The van der Waals surface area contributed by atoms with Crippen LogP contribution < -0.4 is 15.6 Å². The summed E-state index contributed by atoms with van der Waals surface area (Å²) in [6.45, 7) is 1.12. The maximum atomic E-state index is 14.4. The van der Waals surface area contributed by atoms with E-state index in [0.29, 0.717) is 29.9 Å². The smallest absolute Gasteiger partial charge is 0.276 e. The highest BCUT2D eigenvalue weighted by Gasteiger charge is 2.19. The summed E-state index contributed by atoms with van der Waals surface area (Å²) in [5.41, 5.74) is -0.945. The number of nitrogens with one attached hydrogen (secondary N) is 1. The first-order valence-electron chi connectivity index (χ1n) is 9.85. The first kappa shape index (κ1) is 21.1. The zero-order chi connectivity index (χ0) is 22.0. The topological polar surface area (TPSA) is 78.3 Å². The molecule has 2 aromatic heterocycles. The van der Waals surface area contributed by atoms with Crippen molar-refractivity contribution in [1.29, 1.82) is 0 Å². The van der Waals surface area contributed by atoms with Gasteiger partial charge in [0, 0.05) is 49.6 Å². The summed E-state index contributed by atoms with van der Waals surface area (Å²) in [6, 6.07) is 5.44. The second kappa shape index (κ2) is 8.93. The van der Waals surface area contributed by atoms with Crippen LogP contribution in [0.2, 0.25) is 0 Å². The quantitative estimate of drug-likeness (QED) is 0.639. The van der Waals surface area contributed by atoms with Gasteiger partial charge < -0.3 is 14.8 Å². The lowest BCUT2D eigenvalue weighted by Gasteiger charge is -2.22. The van der Waals surface area contributed by atoms with Crippen LogP contribution in [-0.4, -0.2) is 34.1 Å². The molecule has 0 unspecified atom stereocenters. The Labute approximate surface area is 175 Å². The van der Waals surface area contributed by atoms with Crippen molar-refractivity contribution in [1.82, 2.24) is 14.8 Å². The summed E-state index contributed by atoms with van der Waals surface area (Å²) >= 11 is 0. The lowest BCUT2D eigenvalue weighted by Crippen LogP contribution is -2.26. The minimum atomic E-state index is -2.91. The lowest BCUT2D eigenvalue weighted by molar-refractivity contribution is 0.0238. The van der Waals surface area contributed by atoms with Gasteiger partial charge in [-0.25, -0.2) is 22.8 Å². The average Bonchev–Trinajstić information content (AvgIpc) is 2.76. The molecule has 0 spiro atoms. The van der Waals surface area contributed by atoms with E-state index in [2.05, 4.69) is 15.4 Å². The van der Waals surface area contributed by atoms with Crippen molar-refractivity contribution in [3.63, 3.8) is 0 Å². The fraction of sp³-hybridized carbons (Fsp3) is 0.381. The third kappa shape index (κ3) is 4.48. The predicted molar refractivity (Wildman–Crippen MR) is 108 cm³/mol.